The number of aryl methyl sites for hydroxylation is 2. The Bertz CT molecular complexity index is 420. The molecule has 0 saturated heterocycles. The van der Waals surface area contributed by atoms with Crippen molar-refractivity contribution in [2.45, 2.75) is 46.4 Å². The van der Waals surface area contributed by atoms with Crippen LogP contribution in [0.25, 0.3) is 0 Å². The number of carbonyl (C=O) groups excluding carboxylic acids is 1. The van der Waals surface area contributed by atoms with Crippen molar-refractivity contribution in [3.8, 4) is 0 Å². The normalized spacial score (nSPS) is 12.9. The lowest BCUT2D eigenvalue weighted by Crippen LogP contribution is -2.22. The minimum absolute atomic E-state index is 0.0962. The largest absolute Gasteiger partial charge is 0.293 e. The molecule has 1 atom stereocenters. The molecule has 0 bridgehead atoms. The van der Waals surface area contributed by atoms with Gasteiger partial charge in [0.05, 0.1) is 4.83 Å². The summed E-state index contributed by atoms with van der Waals surface area (Å²) in [6, 6.07) is 2.15. The highest BCUT2D eigenvalue weighted by Gasteiger charge is 2.24. The summed E-state index contributed by atoms with van der Waals surface area (Å²) >= 11 is 3.51. The monoisotopic (exact) mass is 296 g/mol. The number of halogens is 1. The summed E-state index contributed by atoms with van der Waals surface area (Å²) in [4.78, 5) is 12.4. The van der Waals surface area contributed by atoms with Crippen molar-refractivity contribution < 1.29 is 4.79 Å². The quantitative estimate of drug-likeness (QED) is 0.592. The van der Waals surface area contributed by atoms with E-state index in [1.807, 2.05) is 13.8 Å². The van der Waals surface area contributed by atoms with Crippen molar-refractivity contribution in [2.75, 3.05) is 0 Å². The fourth-order valence-corrected chi connectivity index (χ4v) is 2.26. The average Bonchev–Trinajstić information content (AvgIpc) is 2.25. The highest BCUT2D eigenvalue weighted by atomic mass is 79.9. The van der Waals surface area contributed by atoms with E-state index in [1.54, 1.807) is 0 Å². The van der Waals surface area contributed by atoms with E-state index in [9.17, 15) is 4.79 Å². The van der Waals surface area contributed by atoms with Gasteiger partial charge in [-0.1, -0.05) is 35.8 Å². The molecule has 0 heterocycles. The van der Waals surface area contributed by atoms with E-state index in [0.717, 1.165) is 16.7 Å². The zero-order valence-electron chi connectivity index (χ0n) is 11.5. The molecule has 17 heavy (non-hydrogen) atoms. The Labute approximate surface area is 113 Å². The molecule has 0 aliphatic rings. The fraction of sp³-hybridized carbons (Fsp3) is 0.533. The van der Waals surface area contributed by atoms with Crippen molar-refractivity contribution in [1.29, 1.82) is 0 Å². The predicted octanol–water partition coefficient (Wildman–Crippen LogP) is 4.52. The summed E-state index contributed by atoms with van der Waals surface area (Å²) in [5.74, 6) is 0.518. The molecule has 0 N–H and O–H groups in total. The Hall–Kier alpha value is -0.630. The molecule has 0 aliphatic carbocycles. The smallest absolute Gasteiger partial charge is 0.177 e. The summed E-state index contributed by atoms with van der Waals surface area (Å²) in [5, 5.41) is 0. The first kappa shape index (κ1) is 14.4. The van der Waals surface area contributed by atoms with Crippen LogP contribution in [0.15, 0.2) is 6.07 Å². The Morgan fingerprint density at radius 1 is 1.06 bits per heavy atom. The van der Waals surface area contributed by atoms with Crippen molar-refractivity contribution in [2.24, 2.45) is 5.92 Å². The number of alkyl halides is 1. The van der Waals surface area contributed by atoms with Gasteiger partial charge in [0.2, 0.25) is 0 Å². The number of hydrogen-bond acceptors (Lipinski definition) is 1. The van der Waals surface area contributed by atoms with Crippen LogP contribution in [0.2, 0.25) is 0 Å². The van der Waals surface area contributed by atoms with Crippen LogP contribution in [-0.4, -0.2) is 10.6 Å². The first-order chi connectivity index (χ1) is 7.77. The second kappa shape index (κ2) is 5.34. The van der Waals surface area contributed by atoms with Crippen molar-refractivity contribution >= 4 is 21.7 Å². The molecule has 1 aromatic rings. The summed E-state index contributed by atoms with van der Waals surface area (Å²) in [5.41, 5.74) is 5.52. The standard InChI is InChI=1S/C15H21BrO/c1-8(2)14(16)15(17)13-11(5)9(3)7-10(4)12(13)6/h7-8,14H,1-6H3. The second-order valence-corrected chi connectivity index (χ2v) is 6.13. The van der Waals surface area contributed by atoms with Crippen molar-refractivity contribution in [3.05, 3.63) is 33.9 Å². The highest BCUT2D eigenvalue weighted by molar-refractivity contribution is 9.10. The lowest BCUT2D eigenvalue weighted by atomic mass is 9.89. The van der Waals surface area contributed by atoms with Crippen molar-refractivity contribution in [1.82, 2.24) is 0 Å². The average molecular weight is 297 g/mol. The van der Waals surface area contributed by atoms with Gasteiger partial charge < -0.3 is 0 Å². The van der Waals surface area contributed by atoms with Crippen LogP contribution in [-0.2, 0) is 0 Å². The third-order valence-corrected chi connectivity index (χ3v) is 4.92. The zero-order chi connectivity index (χ0) is 13.3. The lowest BCUT2D eigenvalue weighted by Gasteiger charge is -2.18. The first-order valence-corrected chi connectivity index (χ1v) is 6.94. The van der Waals surface area contributed by atoms with E-state index >= 15 is 0 Å². The van der Waals surface area contributed by atoms with Crippen LogP contribution in [0, 0.1) is 33.6 Å². The lowest BCUT2D eigenvalue weighted by molar-refractivity contribution is 0.0976. The second-order valence-electron chi connectivity index (χ2n) is 5.15. The van der Waals surface area contributed by atoms with Crippen LogP contribution in [0.5, 0.6) is 0 Å². The summed E-state index contributed by atoms with van der Waals surface area (Å²) in [6.45, 7) is 12.3. The van der Waals surface area contributed by atoms with E-state index in [1.165, 1.54) is 11.1 Å². The minimum Gasteiger partial charge on any atom is -0.293 e. The molecule has 1 rings (SSSR count). The number of hydrogen-bond donors (Lipinski definition) is 0. The van der Waals surface area contributed by atoms with Gasteiger partial charge in [-0.05, 0) is 55.9 Å². The number of benzene rings is 1. The van der Waals surface area contributed by atoms with Gasteiger partial charge in [0.1, 0.15) is 0 Å². The molecular formula is C15H21BrO. The molecule has 2 heteroatoms. The Morgan fingerprint density at radius 2 is 1.47 bits per heavy atom. The maximum atomic E-state index is 12.5. The Kier molecular flexibility index (Phi) is 4.54. The zero-order valence-corrected chi connectivity index (χ0v) is 13.1. The first-order valence-electron chi connectivity index (χ1n) is 6.03. The molecule has 1 aromatic carbocycles. The molecule has 0 aromatic heterocycles. The molecule has 0 spiro atoms. The van der Waals surface area contributed by atoms with E-state index in [2.05, 4.69) is 49.7 Å². The SMILES string of the molecule is Cc1cc(C)c(C)c(C(=O)C(Br)C(C)C)c1C. The van der Waals surface area contributed by atoms with Crippen LogP contribution < -0.4 is 0 Å². The molecule has 0 amide bonds. The van der Waals surface area contributed by atoms with Crippen molar-refractivity contribution in [3.63, 3.8) is 0 Å². The summed E-state index contributed by atoms with van der Waals surface area (Å²) in [7, 11) is 0. The van der Waals surface area contributed by atoms with E-state index < -0.39 is 0 Å². The van der Waals surface area contributed by atoms with Crippen LogP contribution in [0.4, 0.5) is 0 Å². The number of carbonyl (C=O) groups is 1. The number of Topliss-reactive ketones (excluding diaryl/α,β-unsaturated/α-hetero) is 1. The van der Waals surface area contributed by atoms with Gasteiger partial charge in [0, 0.05) is 5.56 Å². The van der Waals surface area contributed by atoms with E-state index in [0.29, 0.717) is 5.92 Å². The van der Waals surface area contributed by atoms with E-state index in [-0.39, 0.29) is 10.6 Å². The molecule has 0 aliphatic heterocycles. The van der Waals surface area contributed by atoms with Crippen LogP contribution >= 0.6 is 15.9 Å². The Morgan fingerprint density at radius 3 is 1.82 bits per heavy atom. The third kappa shape index (κ3) is 2.79. The molecule has 1 unspecified atom stereocenters. The van der Waals surface area contributed by atoms with Crippen LogP contribution in [0.3, 0.4) is 0 Å². The highest BCUT2D eigenvalue weighted by Crippen LogP contribution is 2.26. The fourth-order valence-electron chi connectivity index (χ4n) is 2.03. The van der Waals surface area contributed by atoms with Gasteiger partial charge in [-0.3, -0.25) is 4.79 Å². The Balaban J connectivity index is 3.36. The molecule has 94 valence electrons. The third-order valence-electron chi connectivity index (χ3n) is 3.45. The number of ketones is 1. The van der Waals surface area contributed by atoms with Gasteiger partial charge in [-0.2, -0.15) is 0 Å². The summed E-state index contributed by atoms with van der Waals surface area (Å²) in [6.07, 6.45) is 0. The van der Waals surface area contributed by atoms with Gasteiger partial charge in [-0.15, -0.1) is 0 Å². The molecule has 1 nitrogen and oxygen atoms in total. The number of rotatable bonds is 3. The van der Waals surface area contributed by atoms with Crippen LogP contribution in [0.1, 0.15) is 46.5 Å². The maximum absolute atomic E-state index is 12.5. The maximum Gasteiger partial charge on any atom is 0.177 e. The predicted molar refractivity (Wildman–Crippen MR) is 77.3 cm³/mol. The van der Waals surface area contributed by atoms with Gasteiger partial charge in [-0.25, -0.2) is 0 Å². The molecule has 0 fully saturated rings. The molecular weight excluding hydrogens is 276 g/mol. The van der Waals surface area contributed by atoms with Gasteiger partial charge >= 0.3 is 0 Å². The molecule has 0 saturated carbocycles. The van der Waals surface area contributed by atoms with Gasteiger partial charge in [0.15, 0.2) is 5.78 Å². The van der Waals surface area contributed by atoms with E-state index in [4.69, 9.17) is 0 Å². The summed E-state index contributed by atoms with van der Waals surface area (Å²) < 4.78 is 0. The topological polar surface area (TPSA) is 17.1 Å². The van der Waals surface area contributed by atoms with Gasteiger partial charge in [0.25, 0.3) is 0 Å². The minimum atomic E-state index is -0.0962. The molecule has 0 radical (unpaired) electrons.